The number of nitrogens with one attached hydrogen (secondary N) is 2. The summed E-state index contributed by atoms with van der Waals surface area (Å²) in [6.07, 6.45) is 2.16. The molecule has 2 N–H and O–H groups in total. The molecular weight excluding hydrogens is 305 g/mol. The Hall–Kier alpha value is -2.15. The number of fused-ring (bicyclic) bond motifs is 1. The van der Waals surface area contributed by atoms with E-state index in [0.29, 0.717) is 28.6 Å². The van der Waals surface area contributed by atoms with Crippen molar-refractivity contribution in [3.05, 3.63) is 40.7 Å². The molecule has 1 aromatic carbocycles. The molecule has 22 heavy (non-hydrogen) atoms. The van der Waals surface area contributed by atoms with Gasteiger partial charge in [-0.15, -0.1) is 0 Å². The lowest BCUT2D eigenvalue weighted by atomic mass is 10.0. The van der Waals surface area contributed by atoms with Gasteiger partial charge in [0.2, 0.25) is 0 Å². The van der Waals surface area contributed by atoms with Crippen molar-refractivity contribution in [2.24, 2.45) is 0 Å². The summed E-state index contributed by atoms with van der Waals surface area (Å²) in [5, 5.41) is 6.71. The van der Waals surface area contributed by atoms with Crippen LogP contribution in [0.25, 0.3) is 0 Å². The predicted octanol–water partition coefficient (Wildman–Crippen LogP) is 2.97. The number of carbonyl (C=O) groups excluding carboxylic acids is 1. The molecule has 1 atom stereocenters. The van der Waals surface area contributed by atoms with Gasteiger partial charge < -0.3 is 15.4 Å². The van der Waals surface area contributed by atoms with Crippen LogP contribution in [-0.2, 0) is 0 Å². The molecule has 0 radical (unpaired) electrons. The van der Waals surface area contributed by atoms with Gasteiger partial charge >= 0.3 is 0 Å². The summed E-state index contributed by atoms with van der Waals surface area (Å²) in [5.74, 6) is -0.371. The molecule has 1 aliphatic rings. The fourth-order valence-corrected chi connectivity index (χ4v) is 3.17. The normalized spacial score (nSPS) is 16.5. The maximum absolute atomic E-state index is 13.7. The van der Waals surface area contributed by atoms with Gasteiger partial charge in [0.1, 0.15) is 4.88 Å². The Kier molecular flexibility index (Phi) is 4.24. The summed E-state index contributed by atoms with van der Waals surface area (Å²) >= 11 is 1.30. The first-order valence-electron chi connectivity index (χ1n) is 7.10. The third-order valence-electron chi connectivity index (χ3n) is 3.39. The van der Waals surface area contributed by atoms with Crippen molar-refractivity contribution in [2.45, 2.75) is 19.4 Å². The van der Waals surface area contributed by atoms with Crippen LogP contribution in [0.15, 0.2) is 24.4 Å². The van der Waals surface area contributed by atoms with E-state index < -0.39 is 5.82 Å². The first kappa shape index (κ1) is 14.8. The van der Waals surface area contributed by atoms with E-state index in [4.69, 9.17) is 4.74 Å². The van der Waals surface area contributed by atoms with Crippen molar-refractivity contribution in [3.63, 3.8) is 0 Å². The highest BCUT2D eigenvalue weighted by Crippen LogP contribution is 2.34. The lowest BCUT2D eigenvalue weighted by molar-refractivity contribution is 0.0927. The molecule has 0 saturated carbocycles. The number of nitrogens with zero attached hydrogens (tertiary/aromatic N) is 1. The van der Waals surface area contributed by atoms with Crippen LogP contribution < -0.4 is 15.4 Å². The minimum atomic E-state index is -0.399. The van der Waals surface area contributed by atoms with Crippen LogP contribution in [0.4, 0.5) is 9.52 Å². The van der Waals surface area contributed by atoms with E-state index in [9.17, 15) is 9.18 Å². The van der Waals surface area contributed by atoms with Gasteiger partial charge in [-0.3, -0.25) is 4.79 Å². The molecule has 0 fully saturated rings. The topological polar surface area (TPSA) is 63.2 Å². The van der Waals surface area contributed by atoms with E-state index in [0.717, 1.165) is 6.54 Å². The predicted molar refractivity (Wildman–Crippen MR) is 83.0 cm³/mol. The Morgan fingerprint density at radius 3 is 3.23 bits per heavy atom. The van der Waals surface area contributed by atoms with E-state index in [-0.39, 0.29) is 17.7 Å². The standard InChI is InChI=1S/C15H16FN3O2S/c1-2-17-15-18-8-12(22-15)14(20)19-11-6-7-21-13-9(11)4-3-5-10(13)16/h3-5,8,11H,2,6-7H2,1H3,(H,17,18)(H,19,20)/t11-/m0/s1. The summed E-state index contributed by atoms with van der Waals surface area (Å²) in [7, 11) is 0. The highest BCUT2D eigenvalue weighted by Gasteiger charge is 2.26. The molecule has 1 amide bonds. The van der Waals surface area contributed by atoms with E-state index in [1.807, 2.05) is 6.92 Å². The van der Waals surface area contributed by atoms with Gasteiger partial charge in [-0.2, -0.15) is 0 Å². The molecule has 7 heteroatoms. The number of benzene rings is 1. The van der Waals surface area contributed by atoms with Crippen molar-refractivity contribution >= 4 is 22.4 Å². The molecule has 0 unspecified atom stereocenters. The smallest absolute Gasteiger partial charge is 0.263 e. The van der Waals surface area contributed by atoms with Gasteiger partial charge in [0.05, 0.1) is 18.8 Å². The molecule has 0 bridgehead atoms. The van der Waals surface area contributed by atoms with E-state index >= 15 is 0 Å². The number of hydrogen-bond donors (Lipinski definition) is 2. The van der Waals surface area contributed by atoms with Crippen LogP contribution in [0.1, 0.15) is 34.6 Å². The van der Waals surface area contributed by atoms with Gasteiger partial charge in [0, 0.05) is 18.5 Å². The number of para-hydroxylation sites is 1. The lowest BCUT2D eigenvalue weighted by Crippen LogP contribution is -2.32. The van der Waals surface area contributed by atoms with Crippen LogP contribution in [0.5, 0.6) is 5.75 Å². The van der Waals surface area contributed by atoms with Crippen LogP contribution in [-0.4, -0.2) is 24.0 Å². The second-order valence-electron chi connectivity index (χ2n) is 4.88. The minimum Gasteiger partial charge on any atom is -0.490 e. The van der Waals surface area contributed by atoms with E-state index in [1.54, 1.807) is 18.3 Å². The third-order valence-corrected chi connectivity index (χ3v) is 4.34. The summed E-state index contributed by atoms with van der Waals surface area (Å²) < 4.78 is 19.1. The van der Waals surface area contributed by atoms with Crippen molar-refractivity contribution in [1.29, 1.82) is 0 Å². The fourth-order valence-electron chi connectivity index (χ4n) is 2.38. The first-order valence-corrected chi connectivity index (χ1v) is 7.92. The van der Waals surface area contributed by atoms with Crippen molar-refractivity contribution in [2.75, 3.05) is 18.5 Å². The number of anilines is 1. The quantitative estimate of drug-likeness (QED) is 0.909. The van der Waals surface area contributed by atoms with Gasteiger partial charge in [-0.1, -0.05) is 23.5 Å². The van der Waals surface area contributed by atoms with Gasteiger partial charge in [-0.25, -0.2) is 9.37 Å². The molecule has 1 aliphatic heterocycles. The van der Waals surface area contributed by atoms with Crippen molar-refractivity contribution < 1.29 is 13.9 Å². The zero-order chi connectivity index (χ0) is 15.5. The van der Waals surface area contributed by atoms with E-state index in [1.165, 1.54) is 17.4 Å². The number of hydrogen-bond acceptors (Lipinski definition) is 5. The molecular formula is C15H16FN3O2S. The Morgan fingerprint density at radius 2 is 2.41 bits per heavy atom. The second-order valence-corrected chi connectivity index (χ2v) is 5.91. The van der Waals surface area contributed by atoms with Crippen LogP contribution in [0.3, 0.4) is 0 Å². The maximum Gasteiger partial charge on any atom is 0.263 e. The zero-order valence-corrected chi connectivity index (χ0v) is 12.9. The Labute approximate surface area is 131 Å². The second kappa shape index (κ2) is 6.31. The molecule has 0 spiro atoms. The summed E-state index contributed by atoms with van der Waals surface area (Å²) in [4.78, 5) is 17.0. The van der Waals surface area contributed by atoms with Crippen molar-refractivity contribution in [1.82, 2.24) is 10.3 Å². The summed E-state index contributed by atoms with van der Waals surface area (Å²) in [6, 6.07) is 4.50. The van der Waals surface area contributed by atoms with Gasteiger partial charge in [0.15, 0.2) is 16.7 Å². The number of rotatable bonds is 4. The van der Waals surface area contributed by atoms with E-state index in [2.05, 4.69) is 15.6 Å². The number of amides is 1. The monoisotopic (exact) mass is 321 g/mol. The van der Waals surface area contributed by atoms with Crippen molar-refractivity contribution in [3.8, 4) is 5.75 Å². The molecule has 1 aromatic heterocycles. The molecule has 0 aliphatic carbocycles. The number of thiazole rings is 1. The molecule has 0 saturated heterocycles. The number of ether oxygens (including phenoxy) is 1. The average Bonchev–Trinajstić information content (AvgIpc) is 2.97. The van der Waals surface area contributed by atoms with Gasteiger partial charge in [-0.05, 0) is 13.0 Å². The lowest BCUT2D eigenvalue weighted by Gasteiger charge is -2.26. The Morgan fingerprint density at radius 1 is 1.55 bits per heavy atom. The SMILES string of the molecule is CCNc1ncc(C(=O)N[C@H]2CCOc3c(F)cccc32)s1. The third kappa shape index (κ3) is 2.89. The fraction of sp³-hybridized carbons (Fsp3) is 0.333. The zero-order valence-electron chi connectivity index (χ0n) is 12.1. The summed E-state index contributed by atoms with van der Waals surface area (Å²) in [5.41, 5.74) is 0.677. The largest absolute Gasteiger partial charge is 0.490 e. The number of aromatic nitrogens is 1. The van der Waals surface area contributed by atoms with Crippen LogP contribution >= 0.6 is 11.3 Å². The highest BCUT2D eigenvalue weighted by molar-refractivity contribution is 7.17. The number of halogens is 1. The summed E-state index contributed by atoms with van der Waals surface area (Å²) in [6.45, 7) is 3.10. The molecule has 2 aromatic rings. The highest BCUT2D eigenvalue weighted by atomic mass is 32.1. The van der Waals surface area contributed by atoms with Crippen LogP contribution in [0.2, 0.25) is 0 Å². The Balaban J connectivity index is 1.76. The number of carbonyl (C=O) groups is 1. The van der Waals surface area contributed by atoms with Gasteiger partial charge in [0.25, 0.3) is 5.91 Å². The maximum atomic E-state index is 13.7. The molecule has 116 valence electrons. The molecule has 3 rings (SSSR count). The Bertz CT molecular complexity index is 689. The average molecular weight is 321 g/mol. The minimum absolute atomic E-state index is 0.205. The molecule has 5 nitrogen and oxygen atoms in total. The first-order chi connectivity index (χ1) is 10.7. The molecule has 2 heterocycles. The van der Waals surface area contributed by atoms with Crippen LogP contribution in [0, 0.1) is 5.82 Å².